The van der Waals surface area contributed by atoms with Crippen LogP contribution in [0.4, 0.5) is 0 Å². The van der Waals surface area contributed by atoms with Crippen LogP contribution in [0.3, 0.4) is 0 Å². The van der Waals surface area contributed by atoms with Gasteiger partial charge in [-0.1, -0.05) is 0 Å². The number of ether oxygens (including phenoxy) is 1. The molecule has 0 aliphatic carbocycles. The van der Waals surface area contributed by atoms with Gasteiger partial charge >= 0.3 is 5.97 Å². The van der Waals surface area contributed by atoms with E-state index < -0.39 is 5.97 Å². The first-order valence-electron chi connectivity index (χ1n) is 3.07. The molecule has 0 aliphatic rings. The molecule has 0 aliphatic heterocycles. The minimum absolute atomic E-state index is 0.202. The molecule has 0 aromatic carbocycles. The molecule has 1 rings (SSSR count). The van der Waals surface area contributed by atoms with Gasteiger partial charge in [-0.25, -0.2) is 4.79 Å². The number of carboxylic acids is 1. The maximum absolute atomic E-state index is 10.3. The summed E-state index contributed by atoms with van der Waals surface area (Å²) in [7, 11) is 0. The lowest BCUT2D eigenvalue weighted by atomic mass is 10.5. The summed E-state index contributed by atoms with van der Waals surface area (Å²) in [6.45, 7) is 2.32. The van der Waals surface area contributed by atoms with E-state index in [0.29, 0.717) is 12.5 Å². The molecule has 4 nitrogen and oxygen atoms in total. The fraction of sp³-hybridized carbons (Fsp3) is 0.333. The van der Waals surface area contributed by atoms with E-state index in [2.05, 4.69) is 4.37 Å². The van der Waals surface area contributed by atoms with E-state index in [9.17, 15) is 4.79 Å². The second-order valence-electron chi connectivity index (χ2n) is 1.77. The number of carboxylic acid groups (broad SMARTS) is 1. The summed E-state index contributed by atoms with van der Waals surface area (Å²) in [5, 5.41) is 8.48. The van der Waals surface area contributed by atoms with Crippen molar-refractivity contribution in [3.05, 3.63) is 10.9 Å². The molecule has 0 bridgehead atoms. The van der Waals surface area contributed by atoms with Crippen molar-refractivity contribution in [2.75, 3.05) is 6.61 Å². The minimum atomic E-state index is -0.964. The molecule has 11 heavy (non-hydrogen) atoms. The van der Waals surface area contributed by atoms with Crippen LogP contribution in [0.25, 0.3) is 0 Å². The molecule has 0 unspecified atom stereocenters. The van der Waals surface area contributed by atoms with E-state index in [0.717, 1.165) is 11.5 Å². The predicted octanol–water partition coefficient (Wildman–Crippen LogP) is 1.24. The SMILES string of the molecule is CCOc1cc(C(=O)O)sn1. The maximum Gasteiger partial charge on any atom is 0.347 e. The van der Waals surface area contributed by atoms with Gasteiger partial charge < -0.3 is 9.84 Å². The van der Waals surface area contributed by atoms with Crippen LogP contribution in [0.5, 0.6) is 5.88 Å². The number of aromatic carboxylic acids is 1. The third kappa shape index (κ3) is 1.91. The van der Waals surface area contributed by atoms with Crippen LogP contribution in [0.15, 0.2) is 6.07 Å². The fourth-order valence-corrected chi connectivity index (χ4v) is 1.10. The van der Waals surface area contributed by atoms with Crippen LogP contribution < -0.4 is 4.74 Å². The average Bonchev–Trinajstić information content (AvgIpc) is 2.37. The first-order chi connectivity index (χ1) is 5.24. The quantitative estimate of drug-likeness (QED) is 0.747. The van der Waals surface area contributed by atoms with E-state index in [1.165, 1.54) is 6.07 Å². The first kappa shape index (κ1) is 8.00. The number of carbonyl (C=O) groups is 1. The molecule has 1 aromatic heterocycles. The Bertz CT molecular complexity index is 258. The van der Waals surface area contributed by atoms with Crippen LogP contribution in [-0.4, -0.2) is 22.1 Å². The molecule has 0 saturated heterocycles. The second-order valence-corrected chi connectivity index (χ2v) is 2.57. The Morgan fingerprint density at radius 3 is 3.09 bits per heavy atom. The monoisotopic (exact) mass is 173 g/mol. The third-order valence-electron chi connectivity index (χ3n) is 0.992. The fourth-order valence-electron chi connectivity index (χ4n) is 0.576. The summed E-state index contributed by atoms with van der Waals surface area (Å²) in [5.41, 5.74) is 0. The molecule has 1 heterocycles. The molecule has 0 saturated carbocycles. The van der Waals surface area contributed by atoms with E-state index in [1.54, 1.807) is 0 Å². The minimum Gasteiger partial charge on any atom is -0.477 e. The highest BCUT2D eigenvalue weighted by Crippen LogP contribution is 2.15. The normalized spacial score (nSPS) is 9.55. The molecule has 60 valence electrons. The van der Waals surface area contributed by atoms with Gasteiger partial charge in [0.05, 0.1) is 6.61 Å². The van der Waals surface area contributed by atoms with Crippen molar-refractivity contribution in [3.8, 4) is 5.88 Å². The highest BCUT2D eigenvalue weighted by atomic mass is 32.1. The van der Waals surface area contributed by atoms with Gasteiger partial charge in [-0.05, 0) is 18.5 Å². The lowest BCUT2D eigenvalue weighted by molar-refractivity contribution is 0.0702. The van der Waals surface area contributed by atoms with Crippen molar-refractivity contribution in [2.24, 2.45) is 0 Å². The summed E-state index contributed by atoms with van der Waals surface area (Å²) in [5.74, 6) is -0.580. The Balaban J connectivity index is 2.73. The van der Waals surface area contributed by atoms with Crippen LogP contribution >= 0.6 is 11.5 Å². The molecule has 5 heteroatoms. The molecule has 0 atom stereocenters. The zero-order valence-corrected chi connectivity index (χ0v) is 6.72. The summed E-state index contributed by atoms with van der Waals surface area (Å²) in [6, 6.07) is 1.41. The van der Waals surface area contributed by atoms with Crippen molar-refractivity contribution in [1.82, 2.24) is 4.37 Å². The Morgan fingerprint density at radius 1 is 1.91 bits per heavy atom. The summed E-state index contributed by atoms with van der Waals surface area (Å²) in [6.07, 6.45) is 0. The first-order valence-corrected chi connectivity index (χ1v) is 3.84. The molecule has 0 fully saturated rings. The van der Waals surface area contributed by atoms with Crippen molar-refractivity contribution in [1.29, 1.82) is 0 Å². The molecule has 0 amide bonds. The van der Waals surface area contributed by atoms with Gasteiger partial charge in [0, 0.05) is 6.07 Å². The third-order valence-corrected chi connectivity index (χ3v) is 1.75. The summed E-state index contributed by atoms with van der Waals surface area (Å²) < 4.78 is 8.74. The van der Waals surface area contributed by atoms with Crippen molar-refractivity contribution in [2.45, 2.75) is 6.92 Å². The van der Waals surface area contributed by atoms with Crippen molar-refractivity contribution in [3.63, 3.8) is 0 Å². The van der Waals surface area contributed by atoms with Crippen LogP contribution in [0.2, 0.25) is 0 Å². The number of hydrogen-bond acceptors (Lipinski definition) is 4. The molecule has 1 N–H and O–H groups in total. The zero-order valence-electron chi connectivity index (χ0n) is 5.90. The number of nitrogens with zero attached hydrogens (tertiary/aromatic N) is 1. The zero-order chi connectivity index (χ0) is 8.27. The Labute approximate surface area is 67.6 Å². The number of hydrogen-bond donors (Lipinski definition) is 1. The maximum atomic E-state index is 10.3. The Morgan fingerprint density at radius 2 is 2.64 bits per heavy atom. The summed E-state index contributed by atoms with van der Waals surface area (Å²) >= 11 is 0.923. The standard InChI is InChI=1S/C6H7NO3S/c1-2-10-5-3-4(6(8)9)11-7-5/h3H,2H2,1H3,(H,8,9). The van der Waals surface area contributed by atoms with Gasteiger partial charge in [-0.2, -0.15) is 4.37 Å². The van der Waals surface area contributed by atoms with Gasteiger partial charge in [0.25, 0.3) is 0 Å². The molecule has 0 spiro atoms. The van der Waals surface area contributed by atoms with E-state index in [1.807, 2.05) is 6.92 Å². The van der Waals surface area contributed by atoms with Crippen molar-refractivity contribution < 1.29 is 14.6 Å². The molecular weight excluding hydrogens is 166 g/mol. The van der Waals surface area contributed by atoms with Gasteiger partial charge in [0.2, 0.25) is 5.88 Å². The van der Waals surface area contributed by atoms with E-state index in [4.69, 9.17) is 9.84 Å². The Hall–Kier alpha value is -1.10. The van der Waals surface area contributed by atoms with Gasteiger partial charge in [-0.3, -0.25) is 0 Å². The van der Waals surface area contributed by atoms with Crippen LogP contribution in [0, 0.1) is 0 Å². The lowest BCUT2D eigenvalue weighted by Crippen LogP contribution is -1.92. The smallest absolute Gasteiger partial charge is 0.347 e. The largest absolute Gasteiger partial charge is 0.477 e. The van der Waals surface area contributed by atoms with Gasteiger partial charge in [0.15, 0.2) is 0 Å². The second kappa shape index (κ2) is 3.34. The lowest BCUT2D eigenvalue weighted by Gasteiger charge is -1.92. The predicted molar refractivity (Wildman–Crippen MR) is 40.2 cm³/mol. The molecule has 0 radical (unpaired) electrons. The number of rotatable bonds is 3. The van der Waals surface area contributed by atoms with Crippen LogP contribution in [-0.2, 0) is 0 Å². The molecular formula is C6H7NO3S. The average molecular weight is 173 g/mol. The van der Waals surface area contributed by atoms with Gasteiger partial charge in [-0.15, -0.1) is 0 Å². The summed E-state index contributed by atoms with van der Waals surface area (Å²) in [4.78, 5) is 10.5. The Kier molecular flexibility index (Phi) is 2.43. The van der Waals surface area contributed by atoms with Gasteiger partial charge in [0.1, 0.15) is 4.88 Å². The van der Waals surface area contributed by atoms with E-state index in [-0.39, 0.29) is 4.88 Å². The highest BCUT2D eigenvalue weighted by molar-refractivity contribution is 7.08. The van der Waals surface area contributed by atoms with Crippen LogP contribution in [0.1, 0.15) is 16.6 Å². The molecule has 1 aromatic rings. The highest BCUT2D eigenvalue weighted by Gasteiger charge is 2.07. The van der Waals surface area contributed by atoms with E-state index >= 15 is 0 Å². The van der Waals surface area contributed by atoms with Crippen molar-refractivity contribution >= 4 is 17.5 Å². The number of aromatic nitrogens is 1. The topological polar surface area (TPSA) is 59.4 Å².